The van der Waals surface area contributed by atoms with Crippen molar-refractivity contribution in [2.75, 3.05) is 52.9 Å². The quantitative estimate of drug-likeness (QED) is 0.786. The van der Waals surface area contributed by atoms with Crippen LogP contribution in [0.4, 0.5) is 0 Å². The third kappa shape index (κ3) is 4.23. The van der Waals surface area contributed by atoms with Crippen molar-refractivity contribution in [3.8, 4) is 0 Å². The van der Waals surface area contributed by atoms with E-state index in [4.69, 9.17) is 0 Å². The fourth-order valence-electron chi connectivity index (χ4n) is 3.11. The van der Waals surface area contributed by atoms with Crippen LogP contribution in [-0.2, 0) is 0 Å². The molecule has 2 saturated heterocycles. The van der Waals surface area contributed by atoms with E-state index < -0.39 is 0 Å². The minimum atomic E-state index is 0.569. The maximum atomic E-state index is 3.49. The lowest BCUT2D eigenvalue weighted by molar-refractivity contribution is 0.0833. The number of hydrogen-bond donors (Lipinski definition) is 1. The molecule has 0 radical (unpaired) electrons. The van der Waals surface area contributed by atoms with Gasteiger partial charge in [0.2, 0.25) is 0 Å². The Kier molecular flexibility index (Phi) is 4.83. The fourth-order valence-corrected chi connectivity index (χ4v) is 3.11. The second-order valence-corrected chi connectivity index (χ2v) is 6.35. The van der Waals surface area contributed by atoms with Crippen molar-refractivity contribution in [2.24, 2.45) is 5.41 Å². The molecule has 0 aromatic carbocycles. The van der Waals surface area contributed by atoms with E-state index in [2.05, 4.69) is 29.1 Å². The molecule has 2 rings (SSSR count). The minimum Gasteiger partial charge on any atom is -0.317 e. The molecule has 100 valence electrons. The summed E-state index contributed by atoms with van der Waals surface area (Å²) < 4.78 is 0. The molecule has 2 aliphatic rings. The fraction of sp³-hybridized carbons (Fsp3) is 1.00. The first kappa shape index (κ1) is 13.3. The van der Waals surface area contributed by atoms with Crippen LogP contribution < -0.4 is 5.32 Å². The van der Waals surface area contributed by atoms with Gasteiger partial charge in [-0.25, -0.2) is 0 Å². The molecule has 0 aliphatic carbocycles. The Morgan fingerprint density at radius 3 is 2.18 bits per heavy atom. The summed E-state index contributed by atoms with van der Waals surface area (Å²) in [5.74, 6) is 0. The SMILES string of the molecule is CN1CCC(C)(CN2CCCNCCC2)CC1. The van der Waals surface area contributed by atoms with E-state index in [0.717, 1.165) is 0 Å². The smallest absolute Gasteiger partial charge is 0.00363 e. The van der Waals surface area contributed by atoms with Gasteiger partial charge in [-0.3, -0.25) is 0 Å². The van der Waals surface area contributed by atoms with Crippen molar-refractivity contribution >= 4 is 0 Å². The molecule has 0 saturated carbocycles. The molecular weight excluding hydrogens is 210 g/mol. The highest BCUT2D eigenvalue weighted by Crippen LogP contribution is 2.31. The third-order valence-electron chi connectivity index (χ3n) is 4.46. The molecule has 0 bridgehead atoms. The van der Waals surface area contributed by atoms with E-state index in [-0.39, 0.29) is 0 Å². The van der Waals surface area contributed by atoms with Crippen molar-refractivity contribution in [1.82, 2.24) is 15.1 Å². The van der Waals surface area contributed by atoms with Gasteiger partial charge in [-0.15, -0.1) is 0 Å². The molecule has 0 aromatic heterocycles. The standard InChI is InChI=1S/C14H29N3/c1-14(5-11-16(2)12-6-14)13-17-9-3-7-15-8-4-10-17/h15H,3-13H2,1-2H3. The van der Waals surface area contributed by atoms with Gasteiger partial charge in [0.05, 0.1) is 0 Å². The van der Waals surface area contributed by atoms with Crippen molar-refractivity contribution in [3.63, 3.8) is 0 Å². The number of nitrogens with zero attached hydrogens (tertiary/aromatic N) is 2. The second kappa shape index (κ2) is 6.17. The third-order valence-corrected chi connectivity index (χ3v) is 4.46. The van der Waals surface area contributed by atoms with Gasteiger partial charge in [-0.1, -0.05) is 6.92 Å². The van der Waals surface area contributed by atoms with Gasteiger partial charge in [0, 0.05) is 6.54 Å². The topological polar surface area (TPSA) is 18.5 Å². The molecular formula is C14H29N3. The predicted octanol–water partition coefficient (Wildman–Crippen LogP) is 1.40. The first-order valence-electron chi connectivity index (χ1n) is 7.30. The summed E-state index contributed by atoms with van der Waals surface area (Å²) in [6.45, 7) is 11.4. The summed E-state index contributed by atoms with van der Waals surface area (Å²) in [6, 6.07) is 0. The van der Waals surface area contributed by atoms with Crippen LogP contribution in [0.3, 0.4) is 0 Å². The minimum absolute atomic E-state index is 0.569. The van der Waals surface area contributed by atoms with E-state index in [1.54, 1.807) is 0 Å². The van der Waals surface area contributed by atoms with Crippen LogP contribution in [-0.4, -0.2) is 62.7 Å². The largest absolute Gasteiger partial charge is 0.317 e. The number of likely N-dealkylation sites (tertiary alicyclic amines) is 1. The molecule has 0 unspecified atom stereocenters. The zero-order chi connectivity index (χ0) is 12.1. The van der Waals surface area contributed by atoms with Gasteiger partial charge in [0.15, 0.2) is 0 Å². The summed E-state index contributed by atoms with van der Waals surface area (Å²) >= 11 is 0. The highest BCUT2D eigenvalue weighted by molar-refractivity contribution is 4.84. The number of nitrogens with one attached hydrogen (secondary N) is 1. The molecule has 3 nitrogen and oxygen atoms in total. The predicted molar refractivity (Wildman–Crippen MR) is 73.4 cm³/mol. The van der Waals surface area contributed by atoms with Crippen molar-refractivity contribution in [3.05, 3.63) is 0 Å². The first-order chi connectivity index (χ1) is 8.18. The summed E-state index contributed by atoms with van der Waals surface area (Å²) in [5, 5.41) is 3.49. The summed E-state index contributed by atoms with van der Waals surface area (Å²) in [4.78, 5) is 5.19. The van der Waals surface area contributed by atoms with Crippen molar-refractivity contribution in [1.29, 1.82) is 0 Å². The molecule has 0 spiro atoms. The maximum Gasteiger partial charge on any atom is 0.00363 e. The second-order valence-electron chi connectivity index (χ2n) is 6.35. The maximum absolute atomic E-state index is 3.49. The van der Waals surface area contributed by atoms with Gasteiger partial charge < -0.3 is 15.1 Å². The normalized spacial score (nSPS) is 28.6. The zero-order valence-corrected chi connectivity index (χ0v) is 11.7. The summed E-state index contributed by atoms with van der Waals surface area (Å²) in [5.41, 5.74) is 0.569. The van der Waals surface area contributed by atoms with E-state index in [9.17, 15) is 0 Å². The number of hydrogen-bond acceptors (Lipinski definition) is 3. The monoisotopic (exact) mass is 239 g/mol. The zero-order valence-electron chi connectivity index (χ0n) is 11.7. The van der Waals surface area contributed by atoms with Crippen LogP contribution in [0.1, 0.15) is 32.6 Å². The molecule has 0 atom stereocenters. The Morgan fingerprint density at radius 2 is 1.59 bits per heavy atom. The Labute approximate surface area is 107 Å². The molecule has 2 aliphatic heterocycles. The number of piperidine rings is 1. The van der Waals surface area contributed by atoms with Crippen LogP contribution in [0.25, 0.3) is 0 Å². The molecule has 2 fully saturated rings. The first-order valence-corrected chi connectivity index (χ1v) is 7.30. The summed E-state index contributed by atoms with van der Waals surface area (Å²) in [7, 11) is 2.25. The van der Waals surface area contributed by atoms with Gasteiger partial charge in [0.1, 0.15) is 0 Å². The van der Waals surface area contributed by atoms with Crippen LogP contribution in [0.2, 0.25) is 0 Å². The molecule has 2 heterocycles. The average molecular weight is 239 g/mol. The van der Waals surface area contributed by atoms with Gasteiger partial charge >= 0.3 is 0 Å². The van der Waals surface area contributed by atoms with Crippen LogP contribution in [0.15, 0.2) is 0 Å². The molecule has 17 heavy (non-hydrogen) atoms. The van der Waals surface area contributed by atoms with E-state index in [1.807, 2.05) is 0 Å². The van der Waals surface area contributed by atoms with Crippen molar-refractivity contribution in [2.45, 2.75) is 32.6 Å². The van der Waals surface area contributed by atoms with E-state index in [1.165, 1.54) is 71.5 Å². The van der Waals surface area contributed by atoms with E-state index >= 15 is 0 Å². The highest BCUT2D eigenvalue weighted by atomic mass is 15.1. The van der Waals surface area contributed by atoms with Crippen LogP contribution >= 0.6 is 0 Å². The van der Waals surface area contributed by atoms with Crippen LogP contribution in [0, 0.1) is 5.41 Å². The van der Waals surface area contributed by atoms with Gasteiger partial charge in [0.25, 0.3) is 0 Å². The highest BCUT2D eigenvalue weighted by Gasteiger charge is 2.30. The molecule has 0 amide bonds. The van der Waals surface area contributed by atoms with Crippen LogP contribution in [0.5, 0.6) is 0 Å². The Hall–Kier alpha value is -0.120. The lowest BCUT2D eigenvalue weighted by Crippen LogP contribution is -2.45. The number of rotatable bonds is 2. The Bertz CT molecular complexity index is 214. The molecule has 3 heteroatoms. The van der Waals surface area contributed by atoms with Crippen molar-refractivity contribution < 1.29 is 0 Å². The Balaban J connectivity index is 1.81. The Morgan fingerprint density at radius 1 is 1.00 bits per heavy atom. The molecule has 1 N–H and O–H groups in total. The van der Waals surface area contributed by atoms with E-state index in [0.29, 0.717) is 5.41 Å². The lowest BCUT2D eigenvalue weighted by Gasteiger charge is -2.41. The lowest BCUT2D eigenvalue weighted by atomic mass is 9.80. The average Bonchev–Trinajstić information content (AvgIpc) is 2.27. The van der Waals surface area contributed by atoms with Gasteiger partial charge in [-0.05, 0) is 77.4 Å². The van der Waals surface area contributed by atoms with Gasteiger partial charge in [-0.2, -0.15) is 0 Å². The molecule has 0 aromatic rings. The summed E-state index contributed by atoms with van der Waals surface area (Å²) in [6.07, 6.45) is 5.38.